The third-order valence-corrected chi connectivity index (χ3v) is 4.08. The molecule has 1 aliphatic carbocycles. The Hall–Kier alpha value is -2.18. The van der Waals surface area contributed by atoms with E-state index < -0.39 is 6.10 Å². The van der Waals surface area contributed by atoms with Gasteiger partial charge in [0.2, 0.25) is 0 Å². The molecule has 1 unspecified atom stereocenters. The molecule has 0 aliphatic heterocycles. The lowest BCUT2D eigenvalue weighted by molar-refractivity contribution is 0.123. The number of aliphatic hydroxyl groups excluding tert-OH is 1. The number of amides is 2. The number of halogens is 2. The number of pyridine rings is 1. The zero-order valence-electron chi connectivity index (χ0n) is 12.8. The van der Waals surface area contributed by atoms with Gasteiger partial charge in [0.1, 0.15) is 11.0 Å². The molecule has 0 bridgehead atoms. The minimum Gasteiger partial charge on any atom is -0.387 e. The Bertz CT molecular complexity index is 705. The number of rotatable bonds is 5. The summed E-state index contributed by atoms with van der Waals surface area (Å²) in [5, 5.41) is 13.4. The van der Waals surface area contributed by atoms with E-state index in [1.54, 1.807) is 17.0 Å². The fraction of sp³-hybridized carbons (Fsp3) is 0.294. The van der Waals surface area contributed by atoms with Crippen LogP contribution in [0, 0.1) is 5.82 Å². The second-order valence-corrected chi connectivity index (χ2v) is 6.14. The zero-order chi connectivity index (χ0) is 17.1. The maximum atomic E-state index is 13.0. The normalized spacial score (nSPS) is 15.0. The quantitative estimate of drug-likeness (QED) is 0.810. The van der Waals surface area contributed by atoms with E-state index in [1.807, 2.05) is 0 Å². The van der Waals surface area contributed by atoms with E-state index in [2.05, 4.69) is 10.3 Å². The number of aliphatic hydroxyl groups is 1. The fourth-order valence-corrected chi connectivity index (χ4v) is 2.52. The van der Waals surface area contributed by atoms with Crippen LogP contribution in [0.3, 0.4) is 0 Å². The molecular weight excluding hydrogens is 333 g/mol. The van der Waals surface area contributed by atoms with Crippen molar-refractivity contribution in [3.63, 3.8) is 0 Å². The largest absolute Gasteiger partial charge is 0.387 e. The number of benzene rings is 1. The third-order valence-electron chi connectivity index (χ3n) is 3.85. The summed E-state index contributed by atoms with van der Waals surface area (Å²) in [7, 11) is 0. The first-order valence-electron chi connectivity index (χ1n) is 7.65. The van der Waals surface area contributed by atoms with Crippen LogP contribution >= 0.6 is 11.6 Å². The van der Waals surface area contributed by atoms with Crippen molar-refractivity contribution >= 4 is 23.3 Å². The number of carbonyl (C=O) groups is 1. The molecule has 1 aromatic heterocycles. The smallest absolute Gasteiger partial charge is 0.322 e. The van der Waals surface area contributed by atoms with Gasteiger partial charge < -0.3 is 15.3 Å². The van der Waals surface area contributed by atoms with Crippen molar-refractivity contribution in [2.75, 3.05) is 11.9 Å². The Kier molecular flexibility index (Phi) is 4.97. The molecular formula is C17H17ClFN3O2. The molecule has 1 aromatic carbocycles. The van der Waals surface area contributed by atoms with Crippen LogP contribution in [-0.4, -0.2) is 33.6 Å². The number of anilines is 1. The van der Waals surface area contributed by atoms with E-state index >= 15 is 0 Å². The molecule has 3 rings (SSSR count). The molecule has 1 fully saturated rings. The number of nitrogens with one attached hydrogen (secondary N) is 1. The zero-order valence-corrected chi connectivity index (χ0v) is 13.6. The third kappa shape index (κ3) is 4.21. The van der Waals surface area contributed by atoms with Gasteiger partial charge in [0.05, 0.1) is 24.5 Å². The van der Waals surface area contributed by atoms with E-state index in [1.165, 1.54) is 30.5 Å². The van der Waals surface area contributed by atoms with E-state index in [9.17, 15) is 14.3 Å². The summed E-state index contributed by atoms with van der Waals surface area (Å²) in [6, 6.07) is 8.68. The predicted octanol–water partition coefficient (Wildman–Crippen LogP) is 3.60. The monoisotopic (exact) mass is 349 g/mol. The highest BCUT2D eigenvalue weighted by molar-refractivity contribution is 6.29. The number of aromatic nitrogens is 1. The molecule has 5 nitrogen and oxygen atoms in total. The summed E-state index contributed by atoms with van der Waals surface area (Å²) in [5.74, 6) is -0.363. The first-order valence-corrected chi connectivity index (χ1v) is 8.03. The van der Waals surface area contributed by atoms with Gasteiger partial charge in [-0.15, -0.1) is 0 Å². The summed E-state index contributed by atoms with van der Waals surface area (Å²) in [5.41, 5.74) is 1.11. The topological polar surface area (TPSA) is 65.5 Å². The molecule has 24 heavy (non-hydrogen) atoms. The van der Waals surface area contributed by atoms with Gasteiger partial charge in [-0.1, -0.05) is 23.7 Å². The van der Waals surface area contributed by atoms with Gasteiger partial charge in [0, 0.05) is 6.04 Å². The summed E-state index contributed by atoms with van der Waals surface area (Å²) in [4.78, 5) is 18.0. The maximum absolute atomic E-state index is 13.0. The van der Waals surface area contributed by atoms with Gasteiger partial charge in [-0.3, -0.25) is 0 Å². The van der Waals surface area contributed by atoms with Gasteiger partial charge in [0.25, 0.3) is 0 Å². The molecule has 2 N–H and O–H groups in total. The van der Waals surface area contributed by atoms with Crippen LogP contribution in [0.25, 0.3) is 0 Å². The second kappa shape index (κ2) is 7.15. The van der Waals surface area contributed by atoms with Crippen LogP contribution in [0.1, 0.15) is 24.5 Å². The van der Waals surface area contributed by atoms with Gasteiger partial charge in [0.15, 0.2) is 0 Å². The highest BCUT2D eigenvalue weighted by Gasteiger charge is 2.34. The van der Waals surface area contributed by atoms with E-state index in [-0.39, 0.29) is 24.4 Å². The van der Waals surface area contributed by atoms with Gasteiger partial charge >= 0.3 is 6.03 Å². The van der Waals surface area contributed by atoms with Crippen molar-refractivity contribution in [1.82, 2.24) is 9.88 Å². The highest BCUT2D eigenvalue weighted by atomic mass is 35.5. The van der Waals surface area contributed by atoms with Gasteiger partial charge in [-0.2, -0.15) is 0 Å². The second-order valence-electron chi connectivity index (χ2n) is 5.75. The number of carbonyl (C=O) groups excluding carboxylic acids is 1. The number of urea groups is 1. The van der Waals surface area contributed by atoms with Crippen LogP contribution in [0.15, 0.2) is 42.6 Å². The van der Waals surface area contributed by atoms with Crippen molar-refractivity contribution in [3.05, 3.63) is 59.1 Å². The summed E-state index contributed by atoms with van der Waals surface area (Å²) in [6.07, 6.45) is 2.41. The molecule has 1 atom stereocenters. The molecule has 1 saturated carbocycles. The molecule has 7 heteroatoms. The van der Waals surface area contributed by atoms with Crippen molar-refractivity contribution in [2.24, 2.45) is 0 Å². The Morgan fingerprint density at radius 3 is 2.62 bits per heavy atom. The lowest BCUT2D eigenvalue weighted by Crippen LogP contribution is -2.39. The summed E-state index contributed by atoms with van der Waals surface area (Å²) < 4.78 is 13.0. The van der Waals surface area contributed by atoms with Crippen molar-refractivity contribution in [1.29, 1.82) is 0 Å². The van der Waals surface area contributed by atoms with Crippen LogP contribution in [0.5, 0.6) is 0 Å². The number of hydrogen-bond acceptors (Lipinski definition) is 3. The Morgan fingerprint density at radius 1 is 1.33 bits per heavy atom. The molecule has 0 spiro atoms. The minimum atomic E-state index is -0.875. The predicted molar refractivity (Wildman–Crippen MR) is 89.4 cm³/mol. The van der Waals surface area contributed by atoms with E-state index in [4.69, 9.17) is 11.6 Å². The van der Waals surface area contributed by atoms with Crippen LogP contribution in [-0.2, 0) is 0 Å². The molecule has 2 amide bonds. The molecule has 0 saturated heterocycles. The summed E-state index contributed by atoms with van der Waals surface area (Å²) >= 11 is 5.73. The highest BCUT2D eigenvalue weighted by Crippen LogP contribution is 2.29. The van der Waals surface area contributed by atoms with Crippen molar-refractivity contribution in [3.8, 4) is 0 Å². The first kappa shape index (κ1) is 16.7. The van der Waals surface area contributed by atoms with Gasteiger partial charge in [-0.05, 0) is 42.7 Å². The van der Waals surface area contributed by atoms with Crippen molar-refractivity contribution in [2.45, 2.75) is 25.0 Å². The van der Waals surface area contributed by atoms with Crippen LogP contribution in [0.4, 0.5) is 14.9 Å². The van der Waals surface area contributed by atoms with Gasteiger partial charge in [-0.25, -0.2) is 14.2 Å². The van der Waals surface area contributed by atoms with Crippen LogP contribution in [0.2, 0.25) is 5.15 Å². The molecule has 1 aliphatic rings. The van der Waals surface area contributed by atoms with E-state index in [0.29, 0.717) is 16.4 Å². The fourth-order valence-electron chi connectivity index (χ4n) is 2.41. The number of hydrogen-bond donors (Lipinski definition) is 2. The van der Waals surface area contributed by atoms with Crippen LogP contribution < -0.4 is 5.32 Å². The Balaban J connectivity index is 1.66. The lowest BCUT2D eigenvalue weighted by Gasteiger charge is -2.25. The SMILES string of the molecule is O=C(Nc1ccc(Cl)nc1)N(CC(O)c1ccc(F)cc1)C1CC1. The molecule has 1 heterocycles. The number of nitrogens with zero attached hydrogens (tertiary/aromatic N) is 2. The van der Waals surface area contributed by atoms with E-state index in [0.717, 1.165) is 12.8 Å². The standard InChI is InChI=1S/C17H17ClFN3O2/c18-16-8-5-13(9-20-16)21-17(24)22(14-6-7-14)10-15(23)11-1-3-12(19)4-2-11/h1-5,8-9,14-15,23H,6-7,10H2,(H,21,24). The summed E-state index contributed by atoms with van der Waals surface area (Å²) in [6.45, 7) is 0.142. The lowest BCUT2D eigenvalue weighted by atomic mass is 10.1. The Morgan fingerprint density at radius 2 is 2.04 bits per heavy atom. The average molecular weight is 350 g/mol. The van der Waals surface area contributed by atoms with Crippen molar-refractivity contribution < 1.29 is 14.3 Å². The molecule has 2 aromatic rings. The molecule has 0 radical (unpaired) electrons. The molecule has 126 valence electrons. The maximum Gasteiger partial charge on any atom is 0.322 e. The minimum absolute atomic E-state index is 0.111. The Labute approximate surface area is 144 Å². The average Bonchev–Trinajstić information content (AvgIpc) is 3.40. The first-order chi connectivity index (χ1) is 11.5.